The first-order valence-corrected chi connectivity index (χ1v) is 8.46. The third-order valence-electron chi connectivity index (χ3n) is 3.74. The van der Waals surface area contributed by atoms with E-state index in [-0.39, 0.29) is 5.91 Å². The van der Waals surface area contributed by atoms with Crippen LogP contribution >= 0.6 is 11.3 Å². The Balaban J connectivity index is 2.23. The summed E-state index contributed by atoms with van der Waals surface area (Å²) in [5, 5.41) is 14.5. The van der Waals surface area contributed by atoms with Crippen molar-refractivity contribution in [2.24, 2.45) is 0 Å². The van der Waals surface area contributed by atoms with E-state index in [4.69, 9.17) is 0 Å². The van der Waals surface area contributed by atoms with Crippen LogP contribution in [0.15, 0.2) is 17.6 Å². The SMILES string of the molecule is CCCCC(NC(=O)c1cc(C)n(-c2nccs2)c1C)C(=O)O. The molecule has 0 saturated heterocycles. The third kappa shape index (κ3) is 3.79. The van der Waals surface area contributed by atoms with E-state index >= 15 is 0 Å². The summed E-state index contributed by atoms with van der Waals surface area (Å²) in [6.07, 6.45) is 3.79. The number of hydrogen-bond acceptors (Lipinski definition) is 4. The fraction of sp³-hybridized carbons (Fsp3) is 0.438. The molecular weight excluding hydrogens is 314 g/mol. The lowest BCUT2D eigenvalue weighted by atomic mass is 10.1. The van der Waals surface area contributed by atoms with Crippen molar-refractivity contribution < 1.29 is 14.7 Å². The average Bonchev–Trinajstić information content (AvgIpc) is 3.11. The Morgan fingerprint density at radius 2 is 2.17 bits per heavy atom. The summed E-state index contributed by atoms with van der Waals surface area (Å²) in [6, 6.07) is 0.913. The van der Waals surface area contributed by atoms with Gasteiger partial charge < -0.3 is 10.4 Å². The van der Waals surface area contributed by atoms with E-state index in [0.29, 0.717) is 12.0 Å². The van der Waals surface area contributed by atoms with Crippen LogP contribution in [0.5, 0.6) is 0 Å². The van der Waals surface area contributed by atoms with Crippen LogP contribution in [0.1, 0.15) is 47.9 Å². The Bertz CT molecular complexity index is 692. The Morgan fingerprint density at radius 1 is 1.43 bits per heavy atom. The number of carbonyl (C=O) groups excluding carboxylic acids is 1. The van der Waals surface area contributed by atoms with Gasteiger partial charge in [0.05, 0.1) is 5.56 Å². The predicted molar refractivity (Wildman–Crippen MR) is 89.3 cm³/mol. The van der Waals surface area contributed by atoms with Crippen molar-refractivity contribution in [1.82, 2.24) is 14.9 Å². The molecule has 23 heavy (non-hydrogen) atoms. The standard InChI is InChI=1S/C16H21N3O3S/c1-4-5-6-13(15(21)22)18-14(20)12-9-10(2)19(11(12)3)16-17-7-8-23-16/h7-9,13H,4-6H2,1-3H3,(H,18,20)(H,21,22). The topological polar surface area (TPSA) is 84.2 Å². The van der Waals surface area contributed by atoms with Crippen molar-refractivity contribution in [1.29, 1.82) is 0 Å². The van der Waals surface area contributed by atoms with Crippen LogP contribution in [-0.4, -0.2) is 32.6 Å². The first-order chi connectivity index (χ1) is 11.0. The molecule has 0 bridgehead atoms. The van der Waals surface area contributed by atoms with Gasteiger partial charge in [-0.2, -0.15) is 0 Å². The molecule has 0 aliphatic carbocycles. The average molecular weight is 335 g/mol. The van der Waals surface area contributed by atoms with Gasteiger partial charge in [0.25, 0.3) is 5.91 Å². The normalized spacial score (nSPS) is 12.1. The molecule has 124 valence electrons. The molecule has 0 aliphatic heterocycles. The number of thiazole rings is 1. The van der Waals surface area contributed by atoms with Gasteiger partial charge in [-0.25, -0.2) is 9.78 Å². The molecule has 0 fully saturated rings. The fourth-order valence-corrected chi connectivity index (χ4v) is 3.27. The van der Waals surface area contributed by atoms with Gasteiger partial charge in [0.15, 0.2) is 5.13 Å². The van der Waals surface area contributed by atoms with Gasteiger partial charge in [-0.05, 0) is 26.3 Å². The summed E-state index contributed by atoms with van der Waals surface area (Å²) in [6.45, 7) is 5.73. The molecule has 0 aliphatic rings. The number of nitrogens with zero attached hydrogens (tertiary/aromatic N) is 2. The Morgan fingerprint density at radius 3 is 2.74 bits per heavy atom. The van der Waals surface area contributed by atoms with E-state index in [1.54, 1.807) is 12.3 Å². The first kappa shape index (κ1) is 17.2. The molecule has 6 nitrogen and oxygen atoms in total. The molecule has 2 rings (SSSR count). The van der Waals surface area contributed by atoms with Crippen molar-refractivity contribution in [2.75, 3.05) is 0 Å². The van der Waals surface area contributed by atoms with Crippen LogP contribution in [-0.2, 0) is 4.79 Å². The molecular formula is C16H21N3O3S. The Hall–Kier alpha value is -2.15. The summed E-state index contributed by atoms with van der Waals surface area (Å²) >= 11 is 1.49. The number of carboxylic acid groups (broad SMARTS) is 1. The van der Waals surface area contributed by atoms with Gasteiger partial charge in [-0.3, -0.25) is 9.36 Å². The largest absolute Gasteiger partial charge is 0.480 e. The van der Waals surface area contributed by atoms with Crippen molar-refractivity contribution in [3.8, 4) is 5.13 Å². The zero-order chi connectivity index (χ0) is 17.0. The molecule has 1 atom stereocenters. The van der Waals surface area contributed by atoms with Gasteiger partial charge in [-0.1, -0.05) is 19.8 Å². The van der Waals surface area contributed by atoms with E-state index in [1.807, 2.05) is 30.7 Å². The monoisotopic (exact) mass is 335 g/mol. The molecule has 2 aromatic heterocycles. The molecule has 0 spiro atoms. The highest BCUT2D eigenvalue weighted by atomic mass is 32.1. The number of carboxylic acids is 1. The number of aryl methyl sites for hydroxylation is 1. The second kappa shape index (κ2) is 7.41. The van der Waals surface area contributed by atoms with E-state index in [9.17, 15) is 14.7 Å². The molecule has 1 amide bonds. The van der Waals surface area contributed by atoms with Gasteiger partial charge in [0.1, 0.15) is 6.04 Å². The van der Waals surface area contributed by atoms with Crippen molar-refractivity contribution in [3.63, 3.8) is 0 Å². The molecule has 0 radical (unpaired) electrons. The number of hydrogen-bond donors (Lipinski definition) is 2. The van der Waals surface area contributed by atoms with Crippen LogP contribution in [0.25, 0.3) is 5.13 Å². The summed E-state index contributed by atoms with van der Waals surface area (Å²) < 4.78 is 1.90. The number of nitrogens with one attached hydrogen (secondary N) is 1. The number of aliphatic carboxylic acids is 1. The summed E-state index contributed by atoms with van der Waals surface area (Å²) in [5.41, 5.74) is 2.14. The second-order valence-corrected chi connectivity index (χ2v) is 6.31. The number of unbranched alkanes of at least 4 members (excludes halogenated alkanes) is 1. The minimum atomic E-state index is -1.000. The Kier molecular flexibility index (Phi) is 5.54. The molecule has 2 N–H and O–H groups in total. The third-order valence-corrected chi connectivity index (χ3v) is 4.49. The lowest BCUT2D eigenvalue weighted by Gasteiger charge is -2.14. The lowest BCUT2D eigenvalue weighted by Crippen LogP contribution is -2.40. The molecule has 1 unspecified atom stereocenters. The maximum Gasteiger partial charge on any atom is 0.326 e. The minimum Gasteiger partial charge on any atom is -0.480 e. The minimum absolute atomic E-state index is 0.357. The number of rotatable bonds is 7. The summed E-state index contributed by atoms with van der Waals surface area (Å²) in [4.78, 5) is 28.0. The predicted octanol–water partition coefficient (Wildman–Crippen LogP) is 2.92. The zero-order valence-electron chi connectivity index (χ0n) is 13.5. The van der Waals surface area contributed by atoms with Gasteiger partial charge in [-0.15, -0.1) is 11.3 Å². The number of carbonyl (C=O) groups is 2. The van der Waals surface area contributed by atoms with Crippen molar-refractivity contribution in [3.05, 3.63) is 34.6 Å². The second-order valence-electron chi connectivity index (χ2n) is 5.44. The molecule has 7 heteroatoms. The highest BCUT2D eigenvalue weighted by molar-refractivity contribution is 7.12. The zero-order valence-corrected chi connectivity index (χ0v) is 14.3. The number of aromatic nitrogens is 2. The van der Waals surface area contributed by atoms with Gasteiger partial charge in [0, 0.05) is 23.0 Å². The van der Waals surface area contributed by atoms with Crippen molar-refractivity contribution in [2.45, 2.75) is 46.1 Å². The molecule has 2 heterocycles. The summed E-state index contributed by atoms with van der Waals surface area (Å²) in [5.74, 6) is -1.36. The smallest absolute Gasteiger partial charge is 0.326 e. The fourth-order valence-electron chi connectivity index (χ4n) is 2.52. The highest BCUT2D eigenvalue weighted by Crippen LogP contribution is 2.22. The van der Waals surface area contributed by atoms with Crippen LogP contribution < -0.4 is 5.32 Å². The van der Waals surface area contributed by atoms with Crippen LogP contribution in [0.4, 0.5) is 0 Å². The highest BCUT2D eigenvalue weighted by Gasteiger charge is 2.23. The Labute approximate surface area is 139 Å². The lowest BCUT2D eigenvalue weighted by molar-refractivity contribution is -0.139. The van der Waals surface area contributed by atoms with Crippen LogP contribution in [0.2, 0.25) is 0 Å². The number of amides is 1. The van der Waals surface area contributed by atoms with Gasteiger partial charge >= 0.3 is 5.97 Å². The maximum absolute atomic E-state index is 12.5. The quantitative estimate of drug-likeness (QED) is 0.815. The van der Waals surface area contributed by atoms with E-state index in [1.165, 1.54) is 11.3 Å². The molecule has 2 aromatic rings. The first-order valence-electron chi connectivity index (χ1n) is 7.58. The van der Waals surface area contributed by atoms with Crippen LogP contribution in [0.3, 0.4) is 0 Å². The van der Waals surface area contributed by atoms with E-state index in [2.05, 4.69) is 10.3 Å². The van der Waals surface area contributed by atoms with E-state index in [0.717, 1.165) is 29.4 Å². The van der Waals surface area contributed by atoms with Gasteiger partial charge in [0.2, 0.25) is 0 Å². The van der Waals surface area contributed by atoms with E-state index < -0.39 is 12.0 Å². The van der Waals surface area contributed by atoms with Crippen LogP contribution in [0, 0.1) is 13.8 Å². The maximum atomic E-state index is 12.5. The molecule has 0 aromatic carbocycles. The van der Waals surface area contributed by atoms with Crippen molar-refractivity contribution >= 4 is 23.2 Å². The summed E-state index contributed by atoms with van der Waals surface area (Å²) in [7, 11) is 0. The molecule has 0 saturated carbocycles.